The Morgan fingerprint density at radius 3 is 2.67 bits per heavy atom. The number of thiophene rings is 1. The highest BCUT2D eigenvalue weighted by atomic mass is 35.5. The van der Waals surface area contributed by atoms with Crippen molar-refractivity contribution in [2.45, 2.75) is 44.6 Å². The Morgan fingerprint density at radius 1 is 1.50 bits per heavy atom. The summed E-state index contributed by atoms with van der Waals surface area (Å²) >= 11 is 7.43. The second kappa shape index (κ2) is 5.59. The normalized spacial score (nSPS) is 19.9. The summed E-state index contributed by atoms with van der Waals surface area (Å²) in [7, 11) is 0. The van der Waals surface area contributed by atoms with Gasteiger partial charge in [0.2, 0.25) is 0 Å². The van der Waals surface area contributed by atoms with E-state index in [1.54, 1.807) is 6.07 Å². The third kappa shape index (κ3) is 3.05. The van der Waals surface area contributed by atoms with Crippen LogP contribution < -0.4 is 0 Å². The zero-order chi connectivity index (χ0) is 13.2. The first-order chi connectivity index (χ1) is 8.52. The number of hydrogen-bond donors (Lipinski definition) is 2. The average Bonchev–Trinajstić information content (AvgIpc) is 2.86. The standard InChI is InChI=1S/C13H17ClO3S/c14-9-3-6-18-12(9)10(15)7-13(8-11(16)17)4-1-2-5-13/h3,6,10,15H,1-2,4-5,7-8H2,(H,16,17). The van der Waals surface area contributed by atoms with E-state index in [-0.39, 0.29) is 11.8 Å². The molecule has 100 valence electrons. The van der Waals surface area contributed by atoms with Gasteiger partial charge in [-0.2, -0.15) is 0 Å². The van der Waals surface area contributed by atoms with Crippen molar-refractivity contribution >= 4 is 28.9 Å². The summed E-state index contributed by atoms with van der Waals surface area (Å²) in [5, 5.41) is 21.7. The van der Waals surface area contributed by atoms with Gasteiger partial charge in [0.15, 0.2) is 0 Å². The number of aliphatic hydroxyl groups excluding tert-OH is 1. The van der Waals surface area contributed by atoms with Crippen LogP contribution in [-0.4, -0.2) is 16.2 Å². The largest absolute Gasteiger partial charge is 0.481 e. The van der Waals surface area contributed by atoms with Crippen molar-refractivity contribution in [3.05, 3.63) is 21.3 Å². The number of halogens is 1. The number of aliphatic hydroxyl groups is 1. The lowest BCUT2D eigenvalue weighted by atomic mass is 9.77. The lowest BCUT2D eigenvalue weighted by Gasteiger charge is -2.29. The molecule has 0 aliphatic heterocycles. The average molecular weight is 289 g/mol. The molecule has 5 heteroatoms. The lowest BCUT2D eigenvalue weighted by molar-refractivity contribution is -0.140. The van der Waals surface area contributed by atoms with Gasteiger partial charge in [-0.25, -0.2) is 0 Å². The highest BCUT2D eigenvalue weighted by molar-refractivity contribution is 7.10. The Kier molecular flexibility index (Phi) is 4.30. The SMILES string of the molecule is O=C(O)CC1(CC(O)c2sccc2Cl)CCCC1. The van der Waals surface area contributed by atoms with Gasteiger partial charge in [-0.3, -0.25) is 4.79 Å². The number of aliphatic carboxylic acids is 1. The van der Waals surface area contributed by atoms with E-state index in [1.165, 1.54) is 11.3 Å². The van der Waals surface area contributed by atoms with Gasteiger partial charge in [-0.1, -0.05) is 24.4 Å². The molecule has 0 spiro atoms. The van der Waals surface area contributed by atoms with Crippen molar-refractivity contribution in [2.24, 2.45) is 5.41 Å². The summed E-state index contributed by atoms with van der Waals surface area (Å²) in [5.41, 5.74) is -0.251. The maximum atomic E-state index is 11.0. The van der Waals surface area contributed by atoms with Gasteiger partial charge in [-0.05, 0) is 36.1 Å². The van der Waals surface area contributed by atoms with Crippen LogP contribution in [0.1, 0.15) is 49.5 Å². The van der Waals surface area contributed by atoms with Gasteiger partial charge in [0.05, 0.1) is 22.4 Å². The minimum Gasteiger partial charge on any atom is -0.481 e. The highest BCUT2D eigenvalue weighted by Crippen LogP contribution is 2.48. The third-order valence-corrected chi connectivity index (χ3v) is 5.22. The molecular weight excluding hydrogens is 272 g/mol. The van der Waals surface area contributed by atoms with Crippen LogP contribution in [0.25, 0.3) is 0 Å². The molecular formula is C13H17ClO3S. The Hall–Kier alpha value is -0.580. The quantitative estimate of drug-likeness (QED) is 0.865. The Balaban J connectivity index is 2.10. The second-order valence-corrected chi connectivity index (χ2v) is 6.49. The molecule has 0 aromatic carbocycles. The number of carboxylic acid groups (broad SMARTS) is 1. The van der Waals surface area contributed by atoms with Crippen LogP contribution in [0.2, 0.25) is 5.02 Å². The number of rotatable bonds is 5. The Bertz CT molecular complexity index is 424. The van der Waals surface area contributed by atoms with Gasteiger partial charge in [0.1, 0.15) is 0 Å². The molecule has 1 saturated carbocycles. The van der Waals surface area contributed by atoms with Crippen LogP contribution in [0, 0.1) is 5.41 Å². The summed E-state index contributed by atoms with van der Waals surface area (Å²) < 4.78 is 0. The number of hydrogen-bond acceptors (Lipinski definition) is 3. The van der Waals surface area contributed by atoms with Gasteiger partial charge in [0, 0.05) is 0 Å². The third-order valence-electron chi connectivity index (χ3n) is 3.76. The molecule has 1 heterocycles. The minimum absolute atomic E-state index is 0.146. The van der Waals surface area contributed by atoms with Crippen molar-refractivity contribution < 1.29 is 15.0 Å². The summed E-state index contributed by atoms with van der Waals surface area (Å²) in [6.45, 7) is 0. The summed E-state index contributed by atoms with van der Waals surface area (Å²) in [5.74, 6) is -0.777. The van der Waals surface area contributed by atoms with E-state index in [1.807, 2.05) is 5.38 Å². The van der Waals surface area contributed by atoms with Gasteiger partial charge in [0.25, 0.3) is 0 Å². The van der Waals surface area contributed by atoms with Crippen LogP contribution in [0.3, 0.4) is 0 Å². The van der Waals surface area contributed by atoms with E-state index in [4.69, 9.17) is 16.7 Å². The fourth-order valence-electron chi connectivity index (χ4n) is 2.94. The molecule has 1 unspecified atom stereocenters. The molecule has 1 aliphatic carbocycles. The minimum atomic E-state index is -0.777. The van der Waals surface area contributed by atoms with Crippen molar-refractivity contribution in [1.29, 1.82) is 0 Å². The molecule has 1 fully saturated rings. The first-order valence-electron chi connectivity index (χ1n) is 6.15. The molecule has 1 aromatic rings. The zero-order valence-electron chi connectivity index (χ0n) is 10.1. The molecule has 1 atom stereocenters. The fourth-order valence-corrected chi connectivity index (χ4v) is 4.11. The van der Waals surface area contributed by atoms with Crippen molar-refractivity contribution in [3.8, 4) is 0 Å². The predicted molar refractivity (Wildman–Crippen MR) is 72.1 cm³/mol. The number of carboxylic acids is 1. The van der Waals surface area contributed by atoms with Crippen LogP contribution in [0.15, 0.2) is 11.4 Å². The molecule has 2 N–H and O–H groups in total. The van der Waals surface area contributed by atoms with Crippen LogP contribution in [-0.2, 0) is 4.79 Å². The van der Waals surface area contributed by atoms with Gasteiger partial charge in [-0.15, -0.1) is 11.3 Å². The molecule has 0 amide bonds. The first kappa shape index (κ1) is 13.8. The molecule has 1 aromatic heterocycles. The molecule has 18 heavy (non-hydrogen) atoms. The summed E-state index contributed by atoms with van der Waals surface area (Å²) in [6, 6.07) is 1.77. The molecule has 3 nitrogen and oxygen atoms in total. The Labute approximate surface area is 115 Å². The summed E-state index contributed by atoms with van der Waals surface area (Å²) in [6.07, 6.45) is 3.89. The predicted octanol–water partition coefficient (Wildman–Crippen LogP) is 3.86. The molecule has 2 rings (SSSR count). The lowest BCUT2D eigenvalue weighted by Crippen LogP contribution is -2.23. The highest BCUT2D eigenvalue weighted by Gasteiger charge is 2.38. The zero-order valence-corrected chi connectivity index (χ0v) is 11.6. The van der Waals surface area contributed by atoms with Gasteiger partial charge >= 0.3 is 5.97 Å². The maximum absolute atomic E-state index is 11.0. The van der Waals surface area contributed by atoms with E-state index in [2.05, 4.69) is 0 Å². The van der Waals surface area contributed by atoms with E-state index in [0.717, 1.165) is 30.6 Å². The molecule has 0 saturated heterocycles. The van der Waals surface area contributed by atoms with E-state index in [0.29, 0.717) is 11.4 Å². The summed E-state index contributed by atoms with van der Waals surface area (Å²) in [4.78, 5) is 11.7. The van der Waals surface area contributed by atoms with E-state index < -0.39 is 12.1 Å². The second-order valence-electron chi connectivity index (χ2n) is 5.13. The first-order valence-corrected chi connectivity index (χ1v) is 7.41. The number of carbonyl (C=O) groups is 1. The van der Waals surface area contributed by atoms with E-state index in [9.17, 15) is 9.90 Å². The maximum Gasteiger partial charge on any atom is 0.303 e. The topological polar surface area (TPSA) is 57.5 Å². The van der Waals surface area contributed by atoms with Crippen LogP contribution >= 0.6 is 22.9 Å². The monoisotopic (exact) mass is 288 g/mol. The van der Waals surface area contributed by atoms with Gasteiger partial charge < -0.3 is 10.2 Å². The fraction of sp³-hybridized carbons (Fsp3) is 0.615. The van der Waals surface area contributed by atoms with Crippen molar-refractivity contribution in [2.75, 3.05) is 0 Å². The molecule has 1 aliphatic rings. The molecule has 0 radical (unpaired) electrons. The molecule has 0 bridgehead atoms. The van der Waals surface area contributed by atoms with Crippen LogP contribution in [0.4, 0.5) is 0 Å². The van der Waals surface area contributed by atoms with Crippen LogP contribution in [0.5, 0.6) is 0 Å². The van der Waals surface area contributed by atoms with Crippen molar-refractivity contribution in [1.82, 2.24) is 0 Å². The smallest absolute Gasteiger partial charge is 0.303 e. The Morgan fingerprint density at radius 2 is 2.17 bits per heavy atom. The van der Waals surface area contributed by atoms with Crippen molar-refractivity contribution in [3.63, 3.8) is 0 Å². The van der Waals surface area contributed by atoms with E-state index >= 15 is 0 Å².